The second-order valence-electron chi connectivity index (χ2n) is 8.19. The van der Waals surface area contributed by atoms with Crippen molar-refractivity contribution in [2.45, 2.75) is 6.04 Å². The fraction of sp³-hybridized carbons (Fsp3) is 0.375. The van der Waals surface area contributed by atoms with Crippen molar-refractivity contribution < 1.29 is 0 Å². The van der Waals surface area contributed by atoms with E-state index >= 15 is 0 Å². The quantitative estimate of drug-likeness (QED) is 0.798. The van der Waals surface area contributed by atoms with E-state index < -0.39 is 0 Å². The molecular weight excluding hydrogens is 344 g/mol. The van der Waals surface area contributed by atoms with Crippen LogP contribution in [0.25, 0.3) is 6.08 Å². The fourth-order valence-electron chi connectivity index (χ4n) is 4.31. The Morgan fingerprint density at radius 1 is 1.04 bits per heavy atom. The third-order valence-corrected chi connectivity index (χ3v) is 5.63. The first kappa shape index (κ1) is 18.9. The molecule has 2 aliphatic heterocycles. The van der Waals surface area contributed by atoms with Gasteiger partial charge in [0.05, 0.1) is 11.8 Å². The van der Waals surface area contributed by atoms with Crippen molar-refractivity contribution in [3.63, 3.8) is 0 Å². The molecule has 0 bridgehead atoms. The van der Waals surface area contributed by atoms with Gasteiger partial charge in [-0.1, -0.05) is 60.7 Å². The van der Waals surface area contributed by atoms with Crippen LogP contribution in [0.4, 0.5) is 0 Å². The molecule has 28 heavy (non-hydrogen) atoms. The van der Waals surface area contributed by atoms with Crippen molar-refractivity contribution in [1.29, 1.82) is 0 Å². The second-order valence-corrected chi connectivity index (χ2v) is 8.19. The van der Waals surface area contributed by atoms with Gasteiger partial charge in [0, 0.05) is 32.1 Å². The summed E-state index contributed by atoms with van der Waals surface area (Å²) in [6, 6.07) is 21.8. The van der Waals surface area contributed by atoms with Crippen molar-refractivity contribution >= 4 is 11.8 Å². The van der Waals surface area contributed by atoms with Gasteiger partial charge in [0.2, 0.25) is 0 Å². The summed E-state index contributed by atoms with van der Waals surface area (Å²) < 4.78 is 0. The first-order chi connectivity index (χ1) is 13.6. The van der Waals surface area contributed by atoms with E-state index in [-0.39, 0.29) is 0 Å². The maximum absolute atomic E-state index is 5.18. The molecule has 4 heteroatoms. The fourth-order valence-corrected chi connectivity index (χ4v) is 4.31. The number of likely N-dealkylation sites (N-methyl/N-ethyl adjacent to an activating group) is 2. The van der Waals surface area contributed by atoms with Crippen LogP contribution in [0.2, 0.25) is 0 Å². The molecule has 2 aromatic carbocycles. The summed E-state index contributed by atoms with van der Waals surface area (Å²) in [4.78, 5) is 4.67. The number of hydrazone groups is 1. The number of benzene rings is 2. The molecule has 0 amide bonds. The van der Waals surface area contributed by atoms with Crippen LogP contribution in [0.1, 0.15) is 17.2 Å². The molecule has 4 nitrogen and oxygen atoms in total. The molecule has 0 aliphatic carbocycles. The van der Waals surface area contributed by atoms with E-state index in [0.29, 0.717) is 12.0 Å². The zero-order valence-electron chi connectivity index (χ0n) is 17.1. The van der Waals surface area contributed by atoms with E-state index in [4.69, 9.17) is 5.10 Å². The molecular formula is C24H30N4. The van der Waals surface area contributed by atoms with Crippen LogP contribution in [0.3, 0.4) is 0 Å². The van der Waals surface area contributed by atoms with Gasteiger partial charge in [0.25, 0.3) is 0 Å². The van der Waals surface area contributed by atoms with Gasteiger partial charge in [-0.15, -0.1) is 0 Å². The standard InChI is InChI=1S/C24H30N4/c1-26(2)14-15-28-24(20-12-8-5-9-13-20)22-18-27(3)17-21(23(22)25-28)16-19-10-6-4-7-11-19/h4-13,16,22,24H,14-15,17-18H2,1-3H3. The van der Waals surface area contributed by atoms with E-state index in [0.717, 1.165) is 26.2 Å². The summed E-state index contributed by atoms with van der Waals surface area (Å²) in [6.07, 6.45) is 2.32. The Morgan fingerprint density at radius 3 is 2.39 bits per heavy atom. The molecule has 4 rings (SSSR count). The summed E-state index contributed by atoms with van der Waals surface area (Å²) >= 11 is 0. The van der Waals surface area contributed by atoms with E-state index in [1.165, 1.54) is 22.4 Å². The van der Waals surface area contributed by atoms with Gasteiger partial charge in [-0.25, -0.2) is 0 Å². The SMILES string of the molecule is CN(C)CCN1N=C2C(=Cc3ccccc3)CN(C)CC2C1c1ccccc1. The molecule has 2 unspecified atom stereocenters. The van der Waals surface area contributed by atoms with Crippen molar-refractivity contribution in [3.8, 4) is 0 Å². The van der Waals surface area contributed by atoms with Crippen LogP contribution in [0.15, 0.2) is 71.3 Å². The molecule has 1 fully saturated rings. The van der Waals surface area contributed by atoms with E-state index in [9.17, 15) is 0 Å². The summed E-state index contributed by atoms with van der Waals surface area (Å²) in [6.45, 7) is 3.94. The lowest BCUT2D eigenvalue weighted by molar-refractivity contribution is 0.165. The lowest BCUT2D eigenvalue weighted by atomic mass is 9.83. The Bertz CT molecular complexity index is 841. The van der Waals surface area contributed by atoms with Crippen LogP contribution in [-0.4, -0.2) is 67.8 Å². The predicted molar refractivity (Wildman–Crippen MR) is 117 cm³/mol. The summed E-state index contributed by atoms with van der Waals surface area (Å²) in [5, 5.41) is 7.51. The number of fused-ring (bicyclic) bond motifs is 1. The Balaban J connectivity index is 1.71. The van der Waals surface area contributed by atoms with Crippen LogP contribution in [-0.2, 0) is 0 Å². The molecule has 2 aliphatic rings. The van der Waals surface area contributed by atoms with Gasteiger partial charge in [-0.2, -0.15) is 5.10 Å². The maximum Gasteiger partial charge on any atom is 0.0817 e. The van der Waals surface area contributed by atoms with Gasteiger partial charge in [-0.05, 0) is 43.9 Å². The van der Waals surface area contributed by atoms with Crippen molar-refractivity contribution in [2.24, 2.45) is 11.0 Å². The van der Waals surface area contributed by atoms with E-state index in [2.05, 4.69) is 103 Å². The average molecular weight is 375 g/mol. The Labute approximate surface area is 168 Å². The topological polar surface area (TPSA) is 22.1 Å². The zero-order valence-corrected chi connectivity index (χ0v) is 17.1. The molecule has 0 radical (unpaired) electrons. The summed E-state index contributed by atoms with van der Waals surface area (Å²) in [7, 11) is 6.48. The van der Waals surface area contributed by atoms with Crippen LogP contribution >= 0.6 is 0 Å². The number of likely N-dealkylation sites (tertiary alicyclic amines) is 1. The summed E-state index contributed by atoms with van der Waals surface area (Å²) in [5.74, 6) is 0.401. The van der Waals surface area contributed by atoms with Crippen molar-refractivity contribution in [2.75, 3.05) is 47.3 Å². The molecule has 0 aromatic heterocycles. The Hall–Kier alpha value is -2.43. The molecule has 146 valence electrons. The van der Waals surface area contributed by atoms with Gasteiger partial charge in [0.15, 0.2) is 0 Å². The third kappa shape index (κ3) is 4.03. The van der Waals surface area contributed by atoms with Crippen molar-refractivity contribution in [1.82, 2.24) is 14.8 Å². The molecule has 0 N–H and O–H groups in total. The highest BCUT2D eigenvalue weighted by Gasteiger charge is 2.42. The zero-order chi connectivity index (χ0) is 19.5. The maximum atomic E-state index is 5.18. The van der Waals surface area contributed by atoms with Crippen LogP contribution in [0.5, 0.6) is 0 Å². The van der Waals surface area contributed by atoms with Gasteiger partial charge in [0.1, 0.15) is 0 Å². The number of piperidine rings is 1. The number of hydrogen-bond acceptors (Lipinski definition) is 4. The largest absolute Gasteiger partial charge is 0.308 e. The Kier molecular flexibility index (Phi) is 5.60. The number of hydrogen-bond donors (Lipinski definition) is 0. The van der Waals surface area contributed by atoms with Crippen LogP contribution < -0.4 is 0 Å². The van der Waals surface area contributed by atoms with E-state index in [1.807, 2.05) is 0 Å². The van der Waals surface area contributed by atoms with E-state index in [1.54, 1.807) is 0 Å². The lowest BCUT2D eigenvalue weighted by Gasteiger charge is -2.35. The minimum absolute atomic E-state index is 0.304. The third-order valence-electron chi connectivity index (χ3n) is 5.63. The lowest BCUT2D eigenvalue weighted by Crippen LogP contribution is -2.42. The molecule has 0 saturated carbocycles. The number of rotatable bonds is 5. The van der Waals surface area contributed by atoms with Crippen molar-refractivity contribution in [3.05, 3.63) is 77.4 Å². The van der Waals surface area contributed by atoms with Gasteiger partial charge >= 0.3 is 0 Å². The summed E-state index contributed by atoms with van der Waals surface area (Å²) in [5.41, 5.74) is 5.23. The minimum atomic E-state index is 0.304. The molecule has 1 saturated heterocycles. The smallest absolute Gasteiger partial charge is 0.0817 e. The first-order valence-corrected chi connectivity index (χ1v) is 10.1. The molecule has 2 heterocycles. The highest BCUT2D eigenvalue weighted by molar-refractivity contribution is 6.07. The second kappa shape index (κ2) is 8.29. The van der Waals surface area contributed by atoms with Crippen LogP contribution in [0, 0.1) is 5.92 Å². The first-order valence-electron chi connectivity index (χ1n) is 10.1. The highest BCUT2D eigenvalue weighted by atomic mass is 15.5. The van der Waals surface area contributed by atoms with Gasteiger partial charge in [-0.3, -0.25) is 5.01 Å². The van der Waals surface area contributed by atoms with Gasteiger partial charge < -0.3 is 9.80 Å². The molecule has 2 aromatic rings. The number of nitrogens with zero attached hydrogens (tertiary/aromatic N) is 4. The highest BCUT2D eigenvalue weighted by Crippen LogP contribution is 2.40. The minimum Gasteiger partial charge on any atom is -0.308 e. The normalized spacial score (nSPS) is 23.9. The average Bonchev–Trinajstić information content (AvgIpc) is 3.06. The monoisotopic (exact) mass is 374 g/mol. The Morgan fingerprint density at radius 2 is 1.71 bits per heavy atom. The molecule has 2 atom stereocenters. The predicted octanol–water partition coefficient (Wildman–Crippen LogP) is 3.61. The molecule has 0 spiro atoms.